The lowest BCUT2D eigenvalue weighted by Crippen LogP contribution is -2.33. The lowest BCUT2D eigenvalue weighted by atomic mass is 10.0. The lowest BCUT2D eigenvalue weighted by molar-refractivity contribution is -0.119. The van der Waals surface area contributed by atoms with Crippen molar-refractivity contribution in [3.63, 3.8) is 0 Å². The number of rotatable bonds is 10. The van der Waals surface area contributed by atoms with Crippen molar-refractivity contribution in [1.29, 1.82) is 0 Å². The van der Waals surface area contributed by atoms with Crippen LogP contribution >= 0.6 is 0 Å². The molecule has 0 spiro atoms. The molecular formula is C23H26F3N3O3. The molecule has 0 aliphatic carbocycles. The van der Waals surface area contributed by atoms with Crippen LogP contribution < -0.4 is 10.2 Å². The van der Waals surface area contributed by atoms with Gasteiger partial charge in [0.15, 0.2) is 0 Å². The zero-order chi connectivity index (χ0) is 23.1. The number of alkyl halides is 2. The largest absolute Gasteiger partial charge is 0.442 e. The molecule has 2 amide bonds. The molecule has 32 heavy (non-hydrogen) atoms. The molecule has 1 atom stereocenters. The van der Waals surface area contributed by atoms with Gasteiger partial charge in [0.1, 0.15) is 25.3 Å². The summed E-state index contributed by atoms with van der Waals surface area (Å²) in [5, 5.41) is 2.60. The van der Waals surface area contributed by atoms with E-state index < -0.39 is 31.4 Å². The Labute approximate surface area is 184 Å². The van der Waals surface area contributed by atoms with Crippen molar-refractivity contribution >= 4 is 17.7 Å². The predicted molar refractivity (Wildman–Crippen MR) is 115 cm³/mol. The highest BCUT2D eigenvalue weighted by atomic mass is 19.1. The van der Waals surface area contributed by atoms with E-state index in [4.69, 9.17) is 4.74 Å². The standard InChI is InChI=1S/C23H26F3N3O3/c1-16(30)27-13-20-15-29(23(31)32-20)19-6-7-21(22(26)12-19)18-4-2-17(3-5-18)14-28(10-8-24)11-9-25/h2-7,12,20H,8-11,13-15H2,1H3,(H,27,30). The van der Waals surface area contributed by atoms with Gasteiger partial charge in [-0.15, -0.1) is 0 Å². The summed E-state index contributed by atoms with van der Waals surface area (Å²) in [6.45, 7) is 1.41. The molecule has 1 saturated heterocycles. The number of halogens is 3. The highest BCUT2D eigenvalue weighted by Gasteiger charge is 2.32. The summed E-state index contributed by atoms with van der Waals surface area (Å²) in [6, 6.07) is 11.6. The minimum absolute atomic E-state index is 0.159. The van der Waals surface area contributed by atoms with E-state index in [1.807, 2.05) is 0 Å². The third kappa shape index (κ3) is 6.00. The SMILES string of the molecule is CC(=O)NCC1CN(c2ccc(-c3ccc(CN(CCF)CCF)cc3)c(F)c2)C(=O)O1. The van der Waals surface area contributed by atoms with Crippen molar-refractivity contribution in [3.8, 4) is 11.1 Å². The average molecular weight is 449 g/mol. The van der Waals surface area contributed by atoms with Gasteiger partial charge in [-0.3, -0.25) is 14.6 Å². The molecule has 0 saturated carbocycles. The van der Waals surface area contributed by atoms with Crippen molar-refractivity contribution in [2.24, 2.45) is 0 Å². The Kier molecular flexibility index (Phi) is 8.10. The number of benzene rings is 2. The fraction of sp³-hybridized carbons (Fsp3) is 0.391. The van der Waals surface area contributed by atoms with Crippen molar-refractivity contribution in [2.75, 3.05) is 44.4 Å². The Morgan fingerprint density at radius 1 is 1.16 bits per heavy atom. The monoisotopic (exact) mass is 449 g/mol. The number of ether oxygens (including phenoxy) is 1. The van der Waals surface area contributed by atoms with Gasteiger partial charge in [-0.2, -0.15) is 0 Å². The fourth-order valence-electron chi connectivity index (χ4n) is 3.56. The van der Waals surface area contributed by atoms with E-state index >= 15 is 0 Å². The van der Waals surface area contributed by atoms with Gasteiger partial charge in [0.2, 0.25) is 5.91 Å². The van der Waals surface area contributed by atoms with E-state index in [1.54, 1.807) is 41.3 Å². The highest BCUT2D eigenvalue weighted by molar-refractivity contribution is 5.90. The minimum Gasteiger partial charge on any atom is -0.442 e. The summed E-state index contributed by atoms with van der Waals surface area (Å²) in [5.41, 5.74) is 2.25. The van der Waals surface area contributed by atoms with E-state index in [1.165, 1.54) is 17.9 Å². The second-order valence-electron chi connectivity index (χ2n) is 7.57. The molecule has 0 radical (unpaired) electrons. The van der Waals surface area contributed by atoms with E-state index in [2.05, 4.69) is 5.32 Å². The quantitative estimate of drug-likeness (QED) is 0.601. The number of hydrogen-bond acceptors (Lipinski definition) is 4. The molecule has 1 unspecified atom stereocenters. The number of nitrogens with one attached hydrogen (secondary N) is 1. The Balaban J connectivity index is 1.68. The van der Waals surface area contributed by atoms with Gasteiger partial charge < -0.3 is 10.1 Å². The smallest absolute Gasteiger partial charge is 0.414 e. The molecule has 2 aromatic rings. The molecule has 3 rings (SSSR count). The third-order valence-corrected chi connectivity index (χ3v) is 5.19. The predicted octanol–water partition coefficient (Wildman–Crippen LogP) is 3.70. The Bertz CT molecular complexity index is 934. The van der Waals surface area contributed by atoms with Crippen LogP contribution in [-0.4, -0.2) is 62.5 Å². The third-order valence-electron chi connectivity index (χ3n) is 5.19. The minimum atomic E-state index is -0.594. The summed E-state index contributed by atoms with van der Waals surface area (Å²) < 4.78 is 45.3. The molecule has 1 N–H and O–H groups in total. The zero-order valence-corrected chi connectivity index (χ0v) is 17.8. The first kappa shape index (κ1) is 23.6. The number of nitrogens with zero attached hydrogens (tertiary/aromatic N) is 2. The van der Waals surface area contributed by atoms with Crippen molar-refractivity contribution in [2.45, 2.75) is 19.6 Å². The summed E-state index contributed by atoms with van der Waals surface area (Å²) in [7, 11) is 0. The number of amides is 2. The molecule has 6 nitrogen and oxygen atoms in total. The average Bonchev–Trinajstić information content (AvgIpc) is 3.14. The molecule has 0 aromatic heterocycles. The summed E-state index contributed by atoms with van der Waals surface area (Å²) in [6.07, 6.45) is -1.10. The maximum Gasteiger partial charge on any atom is 0.414 e. The van der Waals surface area contributed by atoms with Crippen LogP contribution in [0.15, 0.2) is 42.5 Å². The van der Waals surface area contributed by atoms with Gasteiger partial charge in [0.25, 0.3) is 0 Å². The van der Waals surface area contributed by atoms with Crippen LogP contribution in [0.5, 0.6) is 0 Å². The van der Waals surface area contributed by atoms with Crippen LogP contribution in [0, 0.1) is 5.82 Å². The highest BCUT2D eigenvalue weighted by Crippen LogP contribution is 2.29. The van der Waals surface area contributed by atoms with Crippen LogP contribution in [0.3, 0.4) is 0 Å². The van der Waals surface area contributed by atoms with Gasteiger partial charge in [-0.05, 0) is 29.3 Å². The van der Waals surface area contributed by atoms with E-state index in [9.17, 15) is 22.8 Å². The second-order valence-corrected chi connectivity index (χ2v) is 7.57. The van der Waals surface area contributed by atoms with Crippen LogP contribution in [0.2, 0.25) is 0 Å². The Hall–Kier alpha value is -3.07. The molecular weight excluding hydrogens is 423 g/mol. The van der Waals surface area contributed by atoms with Crippen molar-refractivity contribution < 1.29 is 27.5 Å². The number of carbonyl (C=O) groups excluding carboxylic acids is 2. The van der Waals surface area contributed by atoms with Gasteiger partial charge >= 0.3 is 6.09 Å². The lowest BCUT2D eigenvalue weighted by Gasteiger charge is -2.19. The molecule has 1 aliphatic rings. The molecule has 1 aliphatic heterocycles. The zero-order valence-electron chi connectivity index (χ0n) is 17.8. The number of hydrogen-bond donors (Lipinski definition) is 1. The van der Waals surface area contributed by atoms with Gasteiger partial charge in [-0.25, -0.2) is 18.0 Å². The molecule has 9 heteroatoms. The maximum absolute atomic E-state index is 14.9. The molecule has 172 valence electrons. The normalized spacial score (nSPS) is 15.8. The van der Waals surface area contributed by atoms with Gasteiger partial charge in [0, 0.05) is 32.1 Å². The fourth-order valence-corrected chi connectivity index (χ4v) is 3.56. The summed E-state index contributed by atoms with van der Waals surface area (Å²) in [5.74, 6) is -0.719. The first-order valence-electron chi connectivity index (χ1n) is 10.4. The van der Waals surface area contributed by atoms with Crippen molar-refractivity contribution in [3.05, 3.63) is 53.8 Å². The first-order valence-corrected chi connectivity index (χ1v) is 10.4. The van der Waals surface area contributed by atoms with E-state index in [0.717, 1.165) is 5.56 Å². The first-order chi connectivity index (χ1) is 15.4. The Morgan fingerprint density at radius 3 is 2.44 bits per heavy atom. The number of cyclic esters (lactones) is 1. The molecule has 2 aromatic carbocycles. The maximum atomic E-state index is 14.9. The molecule has 0 bridgehead atoms. The van der Waals surface area contributed by atoms with Crippen LogP contribution in [0.4, 0.5) is 23.7 Å². The summed E-state index contributed by atoms with van der Waals surface area (Å²) in [4.78, 5) is 26.2. The Morgan fingerprint density at radius 2 is 1.84 bits per heavy atom. The summed E-state index contributed by atoms with van der Waals surface area (Å²) >= 11 is 0. The van der Waals surface area contributed by atoms with E-state index in [-0.39, 0.29) is 32.1 Å². The number of carbonyl (C=O) groups is 2. The van der Waals surface area contributed by atoms with Crippen LogP contribution in [-0.2, 0) is 16.1 Å². The van der Waals surface area contributed by atoms with E-state index in [0.29, 0.717) is 23.4 Å². The van der Waals surface area contributed by atoms with Gasteiger partial charge in [-0.1, -0.05) is 24.3 Å². The number of anilines is 1. The van der Waals surface area contributed by atoms with Crippen LogP contribution in [0.1, 0.15) is 12.5 Å². The van der Waals surface area contributed by atoms with Crippen molar-refractivity contribution in [1.82, 2.24) is 10.2 Å². The van der Waals surface area contributed by atoms with Crippen LogP contribution in [0.25, 0.3) is 11.1 Å². The molecule has 1 fully saturated rings. The van der Waals surface area contributed by atoms with Gasteiger partial charge in [0.05, 0.1) is 18.8 Å². The topological polar surface area (TPSA) is 61.9 Å². The molecule has 1 heterocycles. The second kappa shape index (κ2) is 11.0.